The molecule has 3 aromatic heterocycles. The van der Waals surface area contributed by atoms with Gasteiger partial charge in [0.05, 0.1) is 34.1 Å². The highest BCUT2D eigenvalue weighted by molar-refractivity contribution is 6.24. The molecule has 0 saturated heterocycles. The van der Waals surface area contributed by atoms with Gasteiger partial charge in [0, 0.05) is 61.0 Å². The summed E-state index contributed by atoms with van der Waals surface area (Å²) in [5.41, 5.74) is 15.2. The first-order valence-electron chi connectivity index (χ1n) is 23.3. The maximum atomic E-state index is 7.19. The van der Waals surface area contributed by atoms with Crippen molar-refractivity contribution in [1.82, 2.24) is 0 Å². The molecule has 5 nitrogen and oxygen atoms in total. The van der Waals surface area contributed by atoms with Crippen molar-refractivity contribution < 1.29 is 13.3 Å². The van der Waals surface area contributed by atoms with Gasteiger partial charge in [-0.2, -0.15) is 0 Å². The third-order valence-electron chi connectivity index (χ3n) is 13.6. The summed E-state index contributed by atoms with van der Waals surface area (Å²) in [6, 6.07) is 85.4. The van der Waals surface area contributed by atoms with Gasteiger partial charge in [-0.25, -0.2) is 0 Å². The van der Waals surface area contributed by atoms with Crippen LogP contribution in [-0.2, 0) is 0 Å². The van der Waals surface area contributed by atoms with E-state index in [0.717, 1.165) is 133 Å². The predicted molar refractivity (Wildman–Crippen MR) is 286 cm³/mol. The summed E-state index contributed by atoms with van der Waals surface area (Å²) < 4.78 is 20.7. The lowest BCUT2D eigenvalue weighted by Crippen LogP contribution is -2.12. The number of furan rings is 3. The highest BCUT2D eigenvalue weighted by Gasteiger charge is 2.27. The number of hydrogen-bond acceptors (Lipinski definition) is 5. The number of fused-ring (bicyclic) bond motifs is 11. The van der Waals surface area contributed by atoms with Crippen LogP contribution >= 0.6 is 0 Å². The first-order valence-corrected chi connectivity index (χ1v) is 23.3. The van der Waals surface area contributed by atoms with Crippen LogP contribution in [0.2, 0.25) is 0 Å². The summed E-state index contributed by atoms with van der Waals surface area (Å²) in [6.07, 6.45) is 0. The number of nitrogens with zero attached hydrogens (tertiary/aromatic N) is 2. The van der Waals surface area contributed by atoms with E-state index in [1.165, 1.54) is 0 Å². The number of anilines is 6. The second-order valence-electron chi connectivity index (χ2n) is 17.5. The molecule has 69 heavy (non-hydrogen) atoms. The standard InChI is InChI=1S/C64H40N2O3/c1-3-19-41(20-4-1)44-23-9-13-31-53(44)65(55-33-17-29-50-47-26-11-15-35-58(47)68-63(50)55)43-37-38-52-60(39-43)67-61-40-57(46-25-7-8-28-49(46)62(52)61)66(54-32-14-10-24-45(54)42-21-5-2-6-22-42)56-34-18-30-51-48-27-12-16-36-59(48)69-64(51)56/h1-40H. The van der Waals surface area contributed by atoms with E-state index in [4.69, 9.17) is 13.3 Å². The highest BCUT2D eigenvalue weighted by atomic mass is 16.3. The second kappa shape index (κ2) is 15.7. The van der Waals surface area contributed by atoms with Crippen LogP contribution in [-0.4, -0.2) is 0 Å². The minimum absolute atomic E-state index is 0.777. The smallest absolute Gasteiger partial charge is 0.159 e. The zero-order valence-electron chi connectivity index (χ0n) is 37.2. The van der Waals surface area contributed by atoms with Gasteiger partial charge in [0.25, 0.3) is 0 Å². The predicted octanol–water partition coefficient (Wildman–Crippen LogP) is 18.8. The normalized spacial score (nSPS) is 11.8. The average Bonchev–Trinajstić information content (AvgIpc) is 4.12. The molecule has 0 fully saturated rings. The number of rotatable bonds is 8. The molecule has 0 aliphatic rings. The molecule has 14 rings (SSSR count). The highest BCUT2D eigenvalue weighted by Crippen LogP contribution is 2.51. The van der Waals surface area contributed by atoms with Crippen LogP contribution in [0.3, 0.4) is 0 Å². The Labute approximate surface area is 396 Å². The molecule has 3 heterocycles. The molecular formula is C64H40N2O3. The van der Waals surface area contributed by atoms with Crippen molar-refractivity contribution in [2.45, 2.75) is 0 Å². The van der Waals surface area contributed by atoms with E-state index in [0.29, 0.717) is 0 Å². The summed E-state index contributed by atoms with van der Waals surface area (Å²) in [4.78, 5) is 4.68. The van der Waals surface area contributed by atoms with Gasteiger partial charge in [-0.05, 0) is 65.0 Å². The van der Waals surface area contributed by atoms with E-state index in [1.807, 2.05) is 24.3 Å². The van der Waals surface area contributed by atoms with Crippen molar-refractivity contribution in [2.75, 3.05) is 9.80 Å². The van der Waals surface area contributed by atoms with E-state index in [2.05, 4.69) is 228 Å². The Kier molecular flexibility index (Phi) is 8.83. The van der Waals surface area contributed by atoms with Gasteiger partial charge in [-0.3, -0.25) is 0 Å². The number of benzene rings is 11. The van der Waals surface area contributed by atoms with E-state index < -0.39 is 0 Å². The molecule has 0 aliphatic carbocycles. The Hall–Kier alpha value is -9.32. The van der Waals surface area contributed by atoms with Crippen molar-refractivity contribution in [1.29, 1.82) is 0 Å². The monoisotopic (exact) mass is 884 g/mol. The Morgan fingerprint density at radius 1 is 0.246 bits per heavy atom. The van der Waals surface area contributed by atoms with E-state index in [9.17, 15) is 0 Å². The van der Waals surface area contributed by atoms with Crippen LogP contribution in [0.25, 0.3) is 98.8 Å². The van der Waals surface area contributed by atoms with E-state index in [-0.39, 0.29) is 0 Å². The van der Waals surface area contributed by atoms with Crippen molar-refractivity contribution in [2.24, 2.45) is 0 Å². The molecule has 0 spiro atoms. The number of para-hydroxylation sites is 6. The first-order chi connectivity index (χ1) is 34.2. The molecule has 0 amide bonds. The first kappa shape index (κ1) is 38.9. The molecule has 0 saturated carbocycles. The van der Waals surface area contributed by atoms with Gasteiger partial charge in [0.1, 0.15) is 22.3 Å². The fourth-order valence-electron chi connectivity index (χ4n) is 10.6. The lowest BCUT2D eigenvalue weighted by atomic mass is 9.98. The van der Waals surface area contributed by atoms with Crippen LogP contribution in [0, 0.1) is 0 Å². The number of hydrogen-bond donors (Lipinski definition) is 0. The van der Waals surface area contributed by atoms with Crippen LogP contribution in [0.1, 0.15) is 0 Å². The van der Waals surface area contributed by atoms with Crippen molar-refractivity contribution in [3.05, 3.63) is 243 Å². The fourth-order valence-corrected chi connectivity index (χ4v) is 10.6. The topological polar surface area (TPSA) is 45.9 Å². The SMILES string of the molecule is c1ccc(-c2ccccc2N(c2ccc3c(c2)oc2cc(N(c4ccccc4-c4ccccc4)c4cccc5c4oc4ccccc45)c4ccccc4c23)c2cccc3c2oc2ccccc23)cc1. The molecule has 14 aromatic rings. The summed E-state index contributed by atoms with van der Waals surface area (Å²) >= 11 is 0. The maximum Gasteiger partial charge on any atom is 0.159 e. The molecule has 0 bridgehead atoms. The molecule has 0 unspecified atom stereocenters. The van der Waals surface area contributed by atoms with E-state index in [1.54, 1.807) is 0 Å². The van der Waals surface area contributed by atoms with Crippen molar-refractivity contribution in [3.63, 3.8) is 0 Å². The molecule has 11 aromatic carbocycles. The molecule has 0 atom stereocenters. The van der Waals surface area contributed by atoms with Crippen molar-refractivity contribution >= 4 is 111 Å². The van der Waals surface area contributed by atoms with Crippen LogP contribution < -0.4 is 9.80 Å². The third-order valence-corrected chi connectivity index (χ3v) is 13.6. The third kappa shape index (κ3) is 6.18. The van der Waals surface area contributed by atoms with Crippen molar-refractivity contribution in [3.8, 4) is 22.3 Å². The summed E-state index contributed by atoms with van der Waals surface area (Å²) in [5, 5.41) is 8.55. The molecule has 0 aliphatic heterocycles. The lowest BCUT2D eigenvalue weighted by Gasteiger charge is -2.29. The Bertz CT molecular complexity index is 4280. The van der Waals surface area contributed by atoms with Gasteiger partial charge in [-0.15, -0.1) is 0 Å². The minimum Gasteiger partial charge on any atom is -0.456 e. The van der Waals surface area contributed by atoms with Gasteiger partial charge < -0.3 is 23.1 Å². The van der Waals surface area contributed by atoms with Gasteiger partial charge >= 0.3 is 0 Å². The molecule has 5 heteroatoms. The molecule has 0 radical (unpaired) electrons. The Balaban J connectivity index is 1.02. The molecule has 324 valence electrons. The Morgan fingerprint density at radius 3 is 1.32 bits per heavy atom. The van der Waals surface area contributed by atoms with Gasteiger partial charge in [0.2, 0.25) is 0 Å². The summed E-state index contributed by atoms with van der Waals surface area (Å²) in [7, 11) is 0. The summed E-state index contributed by atoms with van der Waals surface area (Å²) in [5.74, 6) is 0. The van der Waals surface area contributed by atoms with Crippen LogP contribution in [0.4, 0.5) is 34.1 Å². The van der Waals surface area contributed by atoms with Crippen LogP contribution in [0.15, 0.2) is 256 Å². The van der Waals surface area contributed by atoms with Gasteiger partial charge in [-0.1, -0.05) is 182 Å². The molecule has 0 N–H and O–H groups in total. The Morgan fingerprint density at radius 2 is 0.710 bits per heavy atom. The van der Waals surface area contributed by atoms with Crippen LogP contribution in [0.5, 0.6) is 0 Å². The summed E-state index contributed by atoms with van der Waals surface area (Å²) in [6.45, 7) is 0. The zero-order valence-corrected chi connectivity index (χ0v) is 37.2. The van der Waals surface area contributed by atoms with E-state index >= 15 is 0 Å². The fraction of sp³-hybridized carbons (Fsp3) is 0. The van der Waals surface area contributed by atoms with Gasteiger partial charge in [0.15, 0.2) is 11.2 Å². The maximum absolute atomic E-state index is 7.19. The molecular weight excluding hydrogens is 845 g/mol. The quantitative estimate of drug-likeness (QED) is 0.152. The minimum atomic E-state index is 0.777. The average molecular weight is 885 g/mol. The lowest BCUT2D eigenvalue weighted by molar-refractivity contribution is 0.667. The zero-order chi connectivity index (χ0) is 45.4. The largest absolute Gasteiger partial charge is 0.456 e. The second-order valence-corrected chi connectivity index (χ2v) is 17.5.